The first-order valence-corrected chi connectivity index (χ1v) is 14.0. The summed E-state index contributed by atoms with van der Waals surface area (Å²) >= 11 is 0. The Labute approximate surface area is 244 Å². The van der Waals surface area contributed by atoms with Gasteiger partial charge < -0.3 is 25.2 Å². The van der Waals surface area contributed by atoms with Gasteiger partial charge in [-0.25, -0.2) is 4.79 Å². The van der Waals surface area contributed by atoms with Crippen LogP contribution in [0.4, 0.5) is 36.8 Å². The number of carbonyl (C=O) groups is 2. The first-order valence-electron chi connectivity index (χ1n) is 14.0. The molecule has 0 spiro atoms. The van der Waals surface area contributed by atoms with Crippen molar-refractivity contribution in [3.8, 4) is 11.5 Å². The van der Waals surface area contributed by atoms with Crippen molar-refractivity contribution in [2.75, 3.05) is 31.6 Å². The molecule has 4 rings (SSSR count). The number of halogens is 6. The van der Waals surface area contributed by atoms with Gasteiger partial charge in [0.15, 0.2) is 11.5 Å². The average Bonchev–Trinajstić information content (AvgIpc) is 3.21. The summed E-state index contributed by atoms with van der Waals surface area (Å²) in [4.78, 5) is 27.4. The van der Waals surface area contributed by atoms with Gasteiger partial charge in [0, 0.05) is 24.3 Å². The highest BCUT2D eigenvalue weighted by Gasteiger charge is 2.71. The maximum Gasteiger partial charge on any atom is 0.430 e. The second-order valence-corrected chi connectivity index (χ2v) is 10.5. The first-order chi connectivity index (χ1) is 20.2. The number of amides is 3. The van der Waals surface area contributed by atoms with Gasteiger partial charge >= 0.3 is 18.4 Å². The van der Waals surface area contributed by atoms with E-state index in [0.717, 1.165) is 17.0 Å². The number of rotatable bonds is 11. The van der Waals surface area contributed by atoms with E-state index < -0.39 is 41.0 Å². The summed E-state index contributed by atoms with van der Waals surface area (Å²) in [5, 5.41) is 15.6. The Hall–Kier alpha value is -3.68. The van der Waals surface area contributed by atoms with Crippen molar-refractivity contribution in [2.24, 2.45) is 0 Å². The monoisotopic (exact) mass is 617 g/mol. The molecule has 0 radical (unpaired) electrons. The molecule has 0 aromatic heterocycles. The van der Waals surface area contributed by atoms with Gasteiger partial charge in [-0.3, -0.25) is 9.69 Å². The van der Waals surface area contributed by atoms with Gasteiger partial charge in [0.1, 0.15) is 18.8 Å². The molecule has 236 valence electrons. The molecule has 2 aromatic rings. The summed E-state index contributed by atoms with van der Waals surface area (Å²) < 4.78 is 91.3. The first kappa shape index (κ1) is 32.2. The molecule has 2 aliphatic rings. The van der Waals surface area contributed by atoms with Gasteiger partial charge in [-0.05, 0) is 55.0 Å². The van der Waals surface area contributed by atoms with Crippen LogP contribution in [0.1, 0.15) is 56.2 Å². The standard InChI is InChI=1S/C29H33F6N3O5/c1-3-7-18-16-20(27(41,28(30,31)32)29(33,34)35)8-10-21(18)36-12-5-6-13-38-24(39)26(4-2,37-25(38)40)19-9-11-22-23(17-19)43-15-14-42-22/h8-11,16-17,36,41H,3-7,12-15H2,1-2H3,(H,37,40). The fourth-order valence-corrected chi connectivity index (χ4v) is 5.35. The number of nitrogens with one attached hydrogen (secondary N) is 2. The lowest BCUT2D eigenvalue weighted by Crippen LogP contribution is -2.54. The maximum atomic E-state index is 13.5. The van der Waals surface area contributed by atoms with E-state index in [9.17, 15) is 41.0 Å². The summed E-state index contributed by atoms with van der Waals surface area (Å²) in [5.74, 6) is 0.628. The number of urea groups is 1. The van der Waals surface area contributed by atoms with Crippen LogP contribution < -0.4 is 20.1 Å². The molecule has 2 heterocycles. The topological polar surface area (TPSA) is 100 Å². The van der Waals surface area contributed by atoms with Gasteiger partial charge in [-0.1, -0.05) is 38.5 Å². The van der Waals surface area contributed by atoms with E-state index in [-0.39, 0.29) is 25.1 Å². The second kappa shape index (κ2) is 12.1. The number of aryl methyl sites for hydroxylation is 1. The number of carbonyl (C=O) groups excluding carboxylic acids is 2. The molecule has 1 fully saturated rings. The number of fused-ring (bicyclic) bond motifs is 1. The van der Waals surface area contributed by atoms with E-state index in [1.807, 2.05) is 0 Å². The van der Waals surface area contributed by atoms with E-state index in [2.05, 4.69) is 10.6 Å². The number of nitrogens with zero attached hydrogens (tertiary/aromatic N) is 1. The largest absolute Gasteiger partial charge is 0.486 e. The fourth-order valence-electron chi connectivity index (χ4n) is 5.35. The molecule has 3 amide bonds. The molecule has 1 unspecified atom stereocenters. The van der Waals surface area contributed by atoms with Crippen molar-refractivity contribution in [1.29, 1.82) is 0 Å². The summed E-state index contributed by atoms with van der Waals surface area (Å²) in [6.45, 7) is 4.65. The molecular weight excluding hydrogens is 584 g/mol. The Morgan fingerprint density at radius 1 is 0.953 bits per heavy atom. The van der Waals surface area contributed by atoms with Crippen LogP contribution in [-0.2, 0) is 22.4 Å². The zero-order valence-corrected chi connectivity index (χ0v) is 23.6. The van der Waals surface area contributed by atoms with E-state index in [1.165, 1.54) is 0 Å². The van der Waals surface area contributed by atoms with E-state index >= 15 is 0 Å². The molecule has 43 heavy (non-hydrogen) atoms. The molecule has 2 aliphatic heterocycles. The summed E-state index contributed by atoms with van der Waals surface area (Å²) in [7, 11) is 0. The Balaban J connectivity index is 1.40. The third-order valence-electron chi connectivity index (χ3n) is 7.73. The molecule has 0 saturated carbocycles. The average molecular weight is 618 g/mol. The third-order valence-corrected chi connectivity index (χ3v) is 7.73. The summed E-state index contributed by atoms with van der Waals surface area (Å²) in [5.41, 5.74) is -6.49. The zero-order valence-electron chi connectivity index (χ0n) is 23.6. The normalized spacial score (nSPS) is 19.0. The number of aliphatic hydroxyl groups is 1. The van der Waals surface area contributed by atoms with Gasteiger partial charge in [-0.15, -0.1) is 0 Å². The van der Waals surface area contributed by atoms with E-state index in [4.69, 9.17) is 9.47 Å². The van der Waals surface area contributed by atoms with Crippen molar-refractivity contribution in [3.05, 3.63) is 53.1 Å². The second-order valence-electron chi connectivity index (χ2n) is 10.5. The summed E-state index contributed by atoms with van der Waals surface area (Å²) in [6, 6.07) is 6.97. The van der Waals surface area contributed by atoms with Crippen molar-refractivity contribution < 1.29 is 50.5 Å². The molecule has 1 saturated heterocycles. The van der Waals surface area contributed by atoms with Crippen molar-refractivity contribution in [3.63, 3.8) is 0 Å². The number of benzene rings is 2. The Morgan fingerprint density at radius 3 is 2.26 bits per heavy atom. The Bertz CT molecular complexity index is 1330. The molecule has 0 aliphatic carbocycles. The molecular formula is C29H33F6N3O5. The van der Waals surface area contributed by atoms with Crippen LogP contribution in [-0.4, -0.2) is 60.6 Å². The molecule has 2 aromatic carbocycles. The number of ether oxygens (including phenoxy) is 2. The van der Waals surface area contributed by atoms with Crippen LogP contribution in [0.25, 0.3) is 0 Å². The number of anilines is 1. The quantitative estimate of drug-likeness (QED) is 0.168. The number of alkyl halides is 6. The number of hydrogen-bond acceptors (Lipinski definition) is 6. The minimum absolute atomic E-state index is 0.101. The van der Waals surface area contributed by atoms with Gasteiger partial charge in [0.05, 0.1) is 0 Å². The van der Waals surface area contributed by atoms with Crippen LogP contribution in [0.15, 0.2) is 36.4 Å². The highest BCUT2D eigenvalue weighted by molar-refractivity contribution is 6.07. The minimum atomic E-state index is -5.97. The van der Waals surface area contributed by atoms with Crippen molar-refractivity contribution in [1.82, 2.24) is 10.2 Å². The maximum absolute atomic E-state index is 13.5. The molecule has 0 bridgehead atoms. The SMILES string of the molecule is CCCc1cc(C(O)(C(F)(F)F)C(F)(F)F)ccc1NCCCCN1C(=O)NC(CC)(c2ccc3c(c2)OCCO3)C1=O. The Morgan fingerprint density at radius 2 is 1.63 bits per heavy atom. The molecule has 3 N–H and O–H groups in total. The lowest BCUT2D eigenvalue weighted by molar-refractivity contribution is -0.376. The number of unbranched alkanes of at least 4 members (excludes halogenated alkanes) is 1. The predicted octanol–water partition coefficient (Wildman–Crippen LogP) is 5.77. The predicted molar refractivity (Wildman–Crippen MR) is 144 cm³/mol. The smallest absolute Gasteiger partial charge is 0.430 e. The van der Waals surface area contributed by atoms with E-state index in [1.54, 1.807) is 32.0 Å². The van der Waals surface area contributed by atoms with Gasteiger partial charge in [0.25, 0.3) is 11.5 Å². The highest BCUT2D eigenvalue weighted by Crippen LogP contribution is 2.50. The number of imide groups is 1. The van der Waals surface area contributed by atoms with Crippen LogP contribution in [0.3, 0.4) is 0 Å². The molecule has 8 nitrogen and oxygen atoms in total. The minimum Gasteiger partial charge on any atom is -0.486 e. The van der Waals surface area contributed by atoms with Gasteiger partial charge in [0.2, 0.25) is 0 Å². The van der Waals surface area contributed by atoms with Crippen molar-refractivity contribution in [2.45, 2.75) is 69.4 Å². The molecule has 1 atom stereocenters. The van der Waals surface area contributed by atoms with E-state index in [0.29, 0.717) is 67.7 Å². The van der Waals surface area contributed by atoms with Crippen molar-refractivity contribution >= 4 is 17.6 Å². The van der Waals surface area contributed by atoms with Crippen LogP contribution in [0, 0.1) is 0 Å². The Kier molecular flexibility index (Phi) is 9.10. The lowest BCUT2D eigenvalue weighted by atomic mass is 9.87. The van der Waals surface area contributed by atoms with Gasteiger partial charge in [-0.2, -0.15) is 26.3 Å². The third kappa shape index (κ3) is 5.93. The van der Waals surface area contributed by atoms with Crippen LogP contribution in [0.2, 0.25) is 0 Å². The van der Waals surface area contributed by atoms with Crippen LogP contribution >= 0.6 is 0 Å². The lowest BCUT2D eigenvalue weighted by Gasteiger charge is -2.33. The molecule has 14 heteroatoms. The number of hydrogen-bond donors (Lipinski definition) is 3. The zero-order chi connectivity index (χ0) is 31.6. The van der Waals surface area contributed by atoms with Crippen LogP contribution in [0.5, 0.6) is 11.5 Å². The fraction of sp³-hybridized carbons (Fsp3) is 0.517. The highest BCUT2D eigenvalue weighted by atomic mass is 19.4. The summed E-state index contributed by atoms with van der Waals surface area (Å²) in [6.07, 6.45) is -10.2.